The molecule has 1 aliphatic rings. The maximum atomic E-state index is 11.6. The number of benzene rings is 1. The van der Waals surface area contributed by atoms with Crippen molar-refractivity contribution in [3.05, 3.63) is 29.8 Å². The average Bonchev–Trinajstić information content (AvgIpc) is 3.21. The van der Waals surface area contributed by atoms with Crippen molar-refractivity contribution in [2.45, 2.75) is 32.7 Å². The Morgan fingerprint density at radius 2 is 1.95 bits per heavy atom. The number of ether oxygens (including phenoxy) is 1. The first kappa shape index (κ1) is 13.6. The van der Waals surface area contributed by atoms with Crippen molar-refractivity contribution in [3.63, 3.8) is 0 Å². The Kier molecular flexibility index (Phi) is 4.20. The maximum Gasteiger partial charge on any atom is 0.258 e. The van der Waals surface area contributed by atoms with Crippen molar-refractivity contribution in [3.8, 4) is 5.75 Å². The monoisotopic (exact) mass is 261 g/mol. The van der Waals surface area contributed by atoms with Crippen LogP contribution in [0, 0.1) is 5.92 Å². The molecule has 4 nitrogen and oxygen atoms in total. The number of amides is 1. The Bertz CT molecular complexity index is 463. The molecule has 1 atom stereocenters. The Labute approximate surface area is 113 Å². The highest BCUT2D eigenvalue weighted by Crippen LogP contribution is 2.32. The van der Waals surface area contributed by atoms with Crippen molar-refractivity contribution >= 4 is 11.7 Å². The molecule has 1 amide bonds. The number of hydrogen-bond acceptors (Lipinski definition) is 3. The fourth-order valence-electron chi connectivity index (χ4n) is 1.94. The first-order valence-corrected chi connectivity index (χ1v) is 6.59. The zero-order valence-electron chi connectivity index (χ0n) is 11.3. The van der Waals surface area contributed by atoms with E-state index in [1.165, 1.54) is 19.8 Å². The molecular formula is C15H19NO3. The molecule has 1 N–H and O–H groups in total. The molecule has 19 heavy (non-hydrogen) atoms. The van der Waals surface area contributed by atoms with Gasteiger partial charge in [-0.2, -0.15) is 0 Å². The number of hydrogen-bond donors (Lipinski definition) is 1. The molecule has 1 aromatic rings. The smallest absolute Gasteiger partial charge is 0.258 e. The van der Waals surface area contributed by atoms with E-state index >= 15 is 0 Å². The first-order chi connectivity index (χ1) is 9.06. The molecule has 1 saturated carbocycles. The molecule has 0 spiro atoms. The number of carbonyl (C=O) groups is 2. The first-order valence-electron chi connectivity index (χ1n) is 6.59. The topological polar surface area (TPSA) is 55.4 Å². The van der Waals surface area contributed by atoms with Crippen molar-refractivity contribution in [2.75, 3.05) is 6.61 Å². The van der Waals surface area contributed by atoms with Crippen molar-refractivity contribution in [1.29, 1.82) is 0 Å². The van der Waals surface area contributed by atoms with Crippen molar-refractivity contribution in [2.24, 2.45) is 5.92 Å². The summed E-state index contributed by atoms with van der Waals surface area (Å²) >= 11 is 0. The summed E-state index contributed by atoms with van der Waals surface area (Å²) in [6.45, 7) is 3.55. The van der Waals surface area contributed by atoms with Crippen molar-refractivity contribution in [1.82, 2.24) is 5.32 Å². The second kappa shape index (κ2) is 5.87. The zero-order valence-corrected chi connectivity index (χ0v) is 11.3. The fraction of sp³-hybridized carbons (Fsp3) is 0.467. The van der Waals surface area contributed by atoms with Gasteiger partial charge in [0.25, 0.3) is 5.91 Å². The normalized spacial score (nSPS) is 15.7. The van der Waals surface area contributed by atoms with Gasteiger partial charge in [0, 0.05) is 11.6 Å². The number of rotatable bonds is 6. The van der Waals surface area contributed by atoms with Crippen LogP contribution in [0.15, 0.2) is 24.3 Å². The van der Waals surface area contributed by atoms with E-state index in [1.807, 2.05) is 6.92 Å². The van der Waals surface area contributed by atoms with Crippen LogP contribution in [0.1, 0.15) is 37.0 Å². The van der Waals surface area contributed by atoms with E-state index in [1.54, 1.807) is 24.3 Å². The van der Waals surface area contributed by atoms with Crippen LogP contribution in [-0.2, 0) is 4.79 Å². The van der Waals surface area contributed by atoms with Gasteiger partial charge in [0.1, 0.15) is 5.75 Å². The fourth-order valence-corrected chi connectivity index (χ4v) is 1.94. The highest BCUT2D eigenvalue weighted by molar-refractivity contribution is 5.94. The average molecular weight is 261 g/mol. The van der Waals surface area contributed by atoms with E-state index in [2.05, 4.69) is 5.32 Å². The van der Waals surface area contributed by atoms with Crippen LogP contribution in [-0.4, -0.2) is 24.3 Å². The standard InChI is InChI=1S/C15H19NO3/c1-10(12-3-4-12)16-15(18)9-19-14-7-5-13(6-8-14)11(2)17/h5-8,10,12H,3-4,9H2,1-2H3,(H,16,18)/t10-/m0/s1. The van der Waals surface area contributed by atoms with Crippen LogP contribution in [0.3, 0.4) is 0 Å². The van der Waals surface area contributed by atoms with Crippen molar-refractivity contribution < 1.29 is 14.3 Å². The number of Topliss-reactive ketones (excluding diaryl/α,β-unsaturated/α-hetero) is 1. The van der Waals surface area contributed by atoms with E-state index in [-0.39, 0.29) is 24.3 Å². The van der Waals surface area contributed by atoms with Gasteiger partial charge in [0.2, 0.25) is 0 Å². The van der Waals surface area contributed by atoms with Gasteiger partial charge in [-0.25, -0.2) is 0 Å². The lowest BCUT2D eigenvalue weighted by atomic mass is 10.1. The Morgan fingerprint density at radius 3 is 2.47 bits per heavy atom. The van der Waals surface area contributed by atoms with Crippen LogP contribution in [0.2, 0.25) is 0 Å². The molecule has 2 rings (SSSR count). The molecule has 0 radical (unpaired) electrons. The van der Waals surface area contributed by atoms with Crippen LogP contribution in [0.25, 0.3) is 0 Å². The molecule has 0 aliphatic heterocycles. The molecule has 0 aromatic heterocycles. The van der Waals surface area contributed by atoms with E-state index < -0.39 is 0 Å². The molecule has 0 saturated heterocycles. The van der Waals surface area contributed by atoms with Gasteiger partial charge in [-0.3, -0.25) is 9.59 Å². The minimum Gasteiger partial charge on any atom is -0.484 e. The van der Waals surface area contributed by atoms with Crippen LogP contribution in [0.4, 0.5) is 0 Å². The summed E-state index contributed by atoms with van der Waals surface area (Å²) in [6.07, 6.45) is 2.41. The zero-order chi connectivity index (χ0) is 13.8. The SMILES string of the molecule is CC(=O)c1ccc(OCC(=O)N[C@@H](C)C2CC2)cc1. The van der Waals surface area contributed by atoms with E-state index in [0.717, 1.165) is 0 Å². The highest BCUT2D eigenvalue weighted by atomic mass is 16.5. The maximum absolute atomic E-state index is 11.6. The van der Waals surface area contributed by atoms with Gasteiger partial charge in [-0.05, 0) is 56.9 Å². The molecule has 4 heteroatoms. The lowest BCUT2D eigenvalue weighted by molar-refractivity contribution is -0.123. The summed E-state index contributed by atoms with van der Waals surface area (Å²) in [4.78, 5) is 22.8. The van der Waals surface area contributed by atoms with E-state index in [9.17, 15) is 9.59 Å². The van der Waals surface area contributed by atoms with Crippen LogP contribution < -0.4 is 10.1 Å². The third-order valence-corrected chi connectivity index (χ3v) is 3.35. The number of carbonyl (C=O) groups excluding carboxylic acids is 2. The lowest BCUT2D eigenvalue weighted by Crippen LogP contribution is -2.37. The highest BCUT2D eigenvalue weighted by Gasteiger charge is 2.28. The second-order valence-electron chi connectivity index (χ2n) is 5.06. The lowest BCUT2D eigenvalue weighted by Gasteiger charge is -2.13. The van der Waals surface area contributed by atoms with Gasteiger partial charge >= 0.3 is 0 Å². The Morgan fingerprint density at radius 1 is 1.32 bits per heavy atom. The third kappa shape index (κ3) is 4.09. The molecule has 102 valence electrons. The molecule has 0 bridgehead atoms. The summed E-state index contributed by atoms with van der Waals surface area (Å²) in [6, 6.07) is 7.03. The predicted octanol–water partition coefficient (Wildman–Crippen LogP) is 2.18. The van der Waals surface area contributed by atoms with E-state index in [4.69, 9.17) is 4.74 Å². The van der Waals surface area contributed by atoms with E-state index in [0.29, 0.717) is 17.2 Å². The molecule has 1 aromatic carbocycles. The number of nitrogens with one attached hydrogen (secondary N) is 1. The molecule has 1 aliphatic carbocycles. The predicted molar refractivity (Wildman–Crippen MR) is 72.3 cm³/mol. The summed E-state index contributed by atoms with van der Waals surface area (Å²) < 4.78 is 5.38. The third-order valence-electron chi connectivity index (χ3n) is 3.35. The number of ketones is 1. The van der Waals surface area contributed by atoms with Gasteiger partial charge < -0.3 is 10.1 Å². The molecule has 0 unspecified atom stereocenters. The van der Waals surface area contributed by atoms with Gasteiger partial charge in [-0.1, -0.05) is 0 Å². The summed E-state index contributed by atoms with van der Waals surface area (Å²) in [5.74, 6) is 1.15. The second-order valence-corrected chi connectivity index (χ2v) is 5.06. The van der Waals surface area contributed by atoms with Gasteiger partial charge in [-0.15, -0.1) is 0 Å². The van der Waals surface area contributed by atoms with Crippen LogP contribution >= 0.6 is 0 Å². The van der Waals surface area contributed by atoms with Gasteiger partial charge in [0.15, 0.2) is 12.4 Å². The Balaban J connectivity index is 1.77. The minimum absolute atomic E-state index is 0.0104. The summed E-state index contributed by atoms with van der Waals surface area (Å²) in [7, 11) is 0. The molecule has 1 fully saturated rings. The summed E-state index contributed by atoms with van der Waals surface area (Å²) in [5, 5.41) is 2.92. The molecular weight excluding hydrogens is 242 g/mol. The molecule has 0 heterocycles. The quantitative estimate of drug-likeness (QED) is 0.799. The largest absolute Gasteiger partial charge is 0.484 e. The minimum atomic E-state index is -0.102. The Hall–Kier alpha value is -1.84. The summed E-state index contributed by atoms with van der Waals surface area (Å²) in [5.41, 5.74) is 0.638. The van der Waals surface area contributed by atoms with Gasteiger partial charge in [0.05, 0.1) is 0 Å². The van der Waals surface area contributed by atoms with Crippen LogP contribution in [0.5, 0.6) is 5.75 Å².